The van der Waals surface area contributed by atoms with Crippen LogP contribution < -0.4 is 5.73 Å². The van der Waals surface area contributed by atoms with Crippen LogP contribution in [0.4, 0.5) is 0 Å². The van der Waals surface area contributed by atoms with Crippen molar-refractivity contribution in [3.63, 3.8) is 0 Å². The quantitative estimate of drug-likeness (QED) is 0.635. The van der Waals surface area contributed by atoms with Crippen molar-refractivity contribution in [1.82, 2.24) is 0 Å². The highest BCUT2D eigenvalue weighted by Crippen LogP contribution is 2.29. The average molecular weight is 179 g/mol. The molecule has 1 amide bonds. The second-order valence-electron chi connectivity index (χ2n) is 3.88. The van der Waals surface area contributed by atoms with Crippen LogP contribution in [0.25, 0.3) is 0 Å². The molecular formula is C10H15N2O+. The van der Waals surface area contributed by atoms with Crippen LogP contribution in [0.1, 0.15) is 25.7 Å². The lowest BCUT2D eigenvalue weighted by molar-refractivity contribution is -0.459. The minimum absolute atomic E-state index is 0.270. The molecule has 2 rings (SSSR count). The maximum atomic E-state index is 10.9. The molecule has 2 N–H and O–H groups in total. The number of nitrogens with two attached hydrogens (primary N) is 1. The first-order chi connectivity index (χ1) is 6.25. The SMILES string of the molecule is NC(=O)C1=C[N+](CC2CC2)=CCC1. The van der Waals surface area contributed by atoms with E-state index < -0.39 is 0 Å². The Bertz CT molecular complexity index is 287. The third-order valence-electron chi connectivity index (χ3n) is 2.58. The van der Waals surface area contributed by atoms with Gasteiger partial charge in [-0.25, -0.2) is 4.58 Å². The number of nitrogens with zero attached hydrogens (tertiary/aromatic N) is 1. The van der Waals surface area contributed by atoms with E-state index in [1.54, 1.807) is 0 Å². The Morgan fingerprint density at radius 1 is 1.62 bits per heavy atom. The third kappa shape index (κ3) is 2.17. The molecule has 1 fully saturated rings. The van der Waals surface area contributed by atoms with E-state index in [4.69, 9.17) is 5.73 Å². The van der Waals surface area contributed by atoms with Crippen LogP contribution in [0.15, 0.2) is 11.8 Å². The number of carbonyl (C=O) groups is 1. The fourth-order valence-electron chi connectivity index (χ4n) is 1.62. The van der Waals surface area contributed by atoms with E-state index in [-0.39, 0.29) is 5.91 Å². The van der Waals surface area contributed by atoms with Crippen LogP contribution in [0.3, 0.4) is 0 Å². The van der Waals surface area contributed by atoms with Gasteiger partial charge >= 0.3 is 0 Å². The zero-order chi connectivity index (χ0) is 9.26. The second-order valence-corrected chi connectivity index (χ2v) is 3.88. The summed E-state index contributed by atoms with van der Waals surface area (Å²) in [5, 5.41) is 0. The van der Waals surface area contributed by atoms with Gasteiger partial charge in [-0.05, 0) is 19.3 Å². The van der Waals surface area contributed by atoms with Gasteiger partial charge < -0.3 is 5.73 Å². The zero-order valence-electron chi connectivity index (χ0n) is 7.70. The molecule has 3 nitrogen and oxygen atoms in total. The first kappa shape index (κ1) is 8.48. The monoisotopic (exact) mass is 179 g/mol. The largest absolute Gasteiger partial charge is 0.366 e. The van der Waals surface area contributed by atoms with E-state index in [2.05, 4.69) is 10.8 Å². The Labute approximate surface area is 77.9 Å². The molecule has 13 heavy (non-hydrogen) atoms. The van der Waals surface area contributed by atoms with Crippen molar-refractivity contribution in [2.75, 3.05) is 6.54 Å². The van der Waals surface area contributed by atoms with Gasteiger partial charge in [-0.1, -0.05) is 0 Å². The molecule has 0 atom stereocenters. The summed E-state index contributed by atoms with van der Waals surface area (Å²) in [6.45, 7) is 1.07. The van der Waals surface area contributed by atoms with Crippen LogP contribution in [-0.2, 0) is 4.79 Å². The second kappa shape index (κ2) is 3.32. The molecule has 0 saturated heterocycles. The van der Waals surface area contributed by atoms with Crippen LogP contribution in [-0.4, -0.2) is 23.2 Å². The fourth-order valence-corrected chi connectivity index (χ4v) is 1.62. The summed E-state index contributed by atoms with van der Waals surface area (Å²) in [5.41, 5.74) is 5.99. The lowest BCUT2D eigenvalue weighted by Gasteiger charge is -2.05. The van der Waals surface area contributed by atoms with Crippen molar-refractivity contribution in [3.05, 3.63) is 11.8 Å². The maximum Gasteiger partial charge on any atom is 0.250 e. The molecule has 1 aliphatic heterocycles. The Kier molecular flexibility index (Phi) is 2.17. The summed E-state index contributed by atoms with van der Waals surface area (Å²) in [7, 11) is 0. The lowest BCUT2D eigenvalue weighted by atomic mass is 10.1. The first-order valence-electron chi connectivity index (χ1n) is 4.85. The molecule has 1 saturated carbocycles. The van der Waals surface area contributed by atoms with Gasteiger partial charge in [0.25, 0.3) is 5.91 Å². The van der Waals surface area contributed by atoms with E-state index in [0.717, 1.165) is 30.9 Å². The molecular weight excluding hydrogens is 164 g/mol. The predicted octanol–water partition coefficient (Wildman–Crippen LogP) is 0.643. The van der Waals surface area contributed by atoms with Crippen LogP contribution in [0.5, 0.6) is 0 Å². The van der Waals surface area contributed by atoms with Crippen LogP contribution >= 0.6 is 0 Å². The highest BCUT2D eigenvalue weighted by molar-refractivity contribution is 5.92. The molecule has 1 heterocycles. The molecule has 70 valence electrons. The Balaban J connectivity index is 2.02. The average Bonchev–Trinajstić information content (AvgIpc) is 2.89. The molecule has 0 aromatic rings. The highest BCUT2D eigenvalue weighted by Gasteiger charge is 2.27. The summed E-state index contributed by atoms with van der Waals surface area (Å²) in [5.74, 6) is 0.577. The number of hydrogen-bond donors (Lipinski definition) is 1. The van der Waals surface area contributed by atoms with E-state index in [9.17, 15) is 4.79 Å². The van der Waals surface area contributed by atoms with Gasteiger partial charge in [0, 0.05) is 12.3 Å². The summed E-state index contributed by atoms with van der Waals surface area (Å²) in [6, 6.07) is 0. The Morgan fingerprint density at radius 2 is 2.38 bits per heavy atom. The molecule has 0 unspecified atom stereocenters. The summed E-state index contributed by atoms with van der Waals surface area (Å²) >= 11 is 0. The smallest absolute Gasteiger partial charge is 0.250 e. The standard InChI is InChI=1S/C10H14N2O/c11-10(13)9-2-1-5-12(7-9)6-8-3-4-8/h5,7-8H,1-4,6H2,(H-,11,13)/p+1. The van der Waals surface area contributed by atoms with Crippen molar-refractivity contribution in [1.29, 1.82) is 0 Å². The topological polar surface area (TPSA) is 46.1 Å². The normalized spacial score (nSPS) is 22.2. The van der Waals surface area contributed by atoms with E-state index in [0.29, 0.717) is 0 Å². The molecule has 3 heteroatoms. The molecule has 0 aromatic carbocycles. The van der Waals surface area contributed by atoms with E-state index in [1.807, 2.05) is 6.20 Å². The van der Waals surface area contributed by atoms with Crippen molar-refractivity contribution in [2.45, 2.75) is 25.7 Å². The third-order valence-corrected chi connectivity index (χ3v) is 2.58. The Hall–Kier alpha value is -1.12. The van der Waals surface area contributed by atoms with E-state index in [1.165, 1.54) is 12.8 Å². The maximum absolute atomic E-state index is 10.9. The van der Waals surface area contributed by atoms with Crippen molar-refractivity contribution >= 4 is 12.1 Å². The zero-order valence-corrected chi connectivity index (χ0v) is 7.70. The van der Waals surface area contributed by atoms with Crippen LogP contribution in [0, 0.1) is 5.92 Å². The number of primary amides is 1. The first-order valence-corrected chi connectivity index (χ1v) is 4.85. The molecule has 1 aliphatic carbocycles. The molecule has 0 spiro atoms. The van der Waals surface area contributed by atoms with Crippen molar-refractivity contribution < 1.29 is 9.37 Å². The fraction of sp³-hybridized carbons (Fsp3) is 0.600. The minimum atomic E-state index is -0.270. The number of amides is 1. The summed E-state index contributed by atoms with van der Waals surface area (Å²) < 4.78 is 2.13. The van der Waals surface area contributed by atoms with Crippen molar-refractivity contribution in [3.8, 4) is 0 Å². The van der Waals surface area contributed by atoms with Gasteiger partial charge in [0.1, 0.15) is 6.21 Å². The number of rotatable bonds is 3. The van der Waals surface area contributed by atoms with E-state index >= 15 is 0 Å². The van der Waals surface area contributed by atoms with Crippen LogP contribution in [0.2, 0.25) is 0 Å². The molecule has 0 bridgehead atoms. The van der Waals surface area contributed by atoms with Crippen molar-refractivity contribution in [2.24, 2.45) is 11.7 Å². The predicted molar refractivity (Wildman–Crippen MR) is 50.4 cm³/mol. The van der Waals surface area contributed by atoms with Gasteiger partial charge in [0.2, 0.25) is 0 Å². The molecule has 0 aromatic heterocycles. The summed E-state index contributed by atoms with van der Waals surface area (Å²) in [6.07, 6.45) is 8.49. The number of hydrogen-bond acceptors (Lipinski definition) is 1. The van der Waals surface area contributed by atoms with Gasteiger partial charge in [0.05, 0.1) is 5.57 Å². The van der Waals surface area contributed by atoms with Gasteiger partial charge in [-0.2, -0.15) is 0 Å². The lowest BCUT2D eigenvalue weighted by Crippen LogP contribution is -2.21. The van der Waals surface area contributed by atoms with Gasteiger partial charge in [-0.3, -0.25) is 4.79 Å². The Morgan fingerprint density at radius 3 is 3.00 bits per heavy atom. The minimum Gasteiger partial charge on any atom is -0.366 e. The molecule has 2 aliphatic rings. The van der Waals surface area contributed by atoms with Gasteiger partial charge in [0.15, 0.2) is 12.7 Å². The highest BCUT2D eigenvalue weighted by atomic mass is 16.1. The molecule has 0 radical (unpaired) electrons. The van der Waals surface area contributed by atoms with Gasteiger partial charge in [-0.15, -0.1) is 0 Å². The summed E-state index contributed by atoms with van der Waals surface area (Å²) in [4.78, 5) is 10.9. The number of carbonyl (C=O) groups excluding carboxylic acids is 1.